The van der Waals surface area contributed by atoms with E-state index in [4.69, 9.17) is 4.42 Å². The molecule has 1 unspecified atom stereocenters. The van der Waals surface area contributed by atoms with Gasteiger partial charge in [0.1, 0.15) is 11.6 Å². The second kappa shape index (κ2) is 8.15. The third kappa shape index (κ3) is 4.15. The first-order chi connectivity index (χ1) is 14.0. The molecule has 1 atom stereocenters. The average molecular weight is 423 g/mol. The molecule has 0 radical (unpaired) electrons. The normalized spacial score (nSPS) is 20.4. The summed E-state index contributed by atoms with van der Waals surface area (Å²) in [6.45, 7) is 4.54. The van der Waals surface area contributed by atoms with Crippen LogP contribution < -0.4 is 5.32 Å². The molecule has 2 aliphatic heterocycles. The van der Waals surface area contributed by atoms with Gasteiger partial charge in [0, 0.05) is 32.1 Å². The Morgan fingerprint density at radius 3 is 2.93 bits per heavy atom. The summed E-state index contributed by atoms with van der Waals surface area (Å²) in [5, 5.41) is 11.5. The van der Waals surface area contributed by atoms with Crippen LogP contribution in [0.25, 0.3) is 0 Å². The van der Waals surface area contributed by atoms with Gasteiger partial charge in [0.15, 0.2) is 5.82 Å². The van der Waals surface area contributed by atoms with Crippen molar-refractivity contribution in [3.63, 3.8) is 0 Å². The number of rotatable bonds is 5. The van der Waals surface area contributed by atoms with E-state index in [0.717, 1.165) is 24.5 Å². The summed E-state index contributed by atoms with van der Waals surface area (Å²) in [4.78, 5) is 14.1. The predicted molar refractivity (Wildman–Crippen MR) is 104 cm³/mol. The zero-order chi connectivity index (χ0) is 20.4. The molecule has 1 fully saturated rings. The first-order valence-corrected chi connectivity index (χ1v) is 11.5. The number of sulfonamides is 1. The Kier molecular flexibility index (Phi) is 5.59. The minimum absolute atomic E-state index is 0.0330. The van der Waals surface area contributed by atoms with E-state index >= 15 is 0 Å². The molecule has 4 rings (SSSR count). The highest BCUT2D eigenvalue weighted by atomic mass is 32.2. The topological polar surface area (TPSA) is 114 Å². The van der Waals surface area contributed by atoms with Gasteiger partial charge in [0.25, 0.3) is 0 Å². The lowest BCUT2D eigenvalue weighted by molar-refractivity contribution is 0.179. The molecule has 4 heterocycles. The van der Waals surface area contributed by atoms with Gasteiger partial charge in [0.2, 0.25) is 10.0 Å². The van der Waals surface area contributed by atoms with Gasteiger partial charge < -0.3 is 19.2 Å². The summed E-state index contributed by atoms with van der Waals surface area (Å²) >= 11 is 0. The van der Waals surface area contributed by atoms with Crippen molar-refractivity contribution >= 4 is 16.1 Å². The second-order valence-corrected chi connectivity index (χ2v) is 9.64. The summed E-state index contributed by atoms with van der Waals surface area (Å²) < 4.78 is 33.3. The fraction of sp³-hybridized carbons (Fsp3) is 0.611. The molecule has 0 saturated carbocycles. The molecule has 2 aromatic rings. The van der Waals surface area contributed by atoms with Crippen LogP contribution in [-0.2, 0) is 29.7 Å². The lowest BCUT2D eigenvalue weighted by atomic mass is 9.98. The maximum Gasteiger partial charge on any atom is 0.318 e. The summed E-state index contributed by atoms with van der Waals surface area (Å²) in [6.07, 6.45) is 3.28. The molecule has 2 aliphatic rings. The van der Waals surface area contributed by atoms with Gasteiger partial charge in [-0.3, -0.25) is 0 Å². The molecule has 2 amide bonds. The number of furan rings is 1. The molecular formula is C18H26N6O4S. The standard InChI is InChI=1S/C18H26N6O4S/c1-2-29(26,27)23-7-3-5-14(12-23)17-21-20-16-13-22(8-9-24(16)17)18(25)19-11-15-6-4-10-28-15/h4,6,10,14H,2-3,5,7-9,11-13H2,1H3,(H,19,25). The van der Waals surface area contributed by atoms with Crippen LogP contribution in [0.1, 0.15) is 43.1 Å². The van der Waals surface area contributed by atoms with E-state index < -0.39 is 10.0 Å². The van der Waals surface area contributed by atoms with Gasteiger partial charge in [-0.2, -0.15) is 0 Å². The fourth-order valence-electron chi connectivity index (χ4n) is 3.93. The first kappa shape index (κ1) is 19.9. The van der Waals surface area contributed by atoms with Crippen molar-refractivity contribution in [1.82, 2.24) is 29.3 Å². The maximum atomic E-state index is 12.4. The molecule has 0 aliphatic carbocycles. The molecule has 158 valence electrons. The zero-order valence-electron chi connectivity index (χ0n) is 16.5. The maximum absolute atomic E-state index is 12.4. The van der Waals surface area contributed by atoms with Crippen LogP contribution in [-0.4, -0.2) is 63.8 Å². The number of nitrogens with zero attached hydrogens (tertiary/aromatic N) is 5. The monoisotopic (exact) mass is 422 g/mol. The summed E-state index contributed by atoms with van der Waals surface area (Å²) in [6, 6.07) is 3.42. The SMILES string of the molecule is CCS(=O)(=O)N1CCCC(c2nnc3n2CCN(C(=O)NCc2ccco2)C3)C1. The number of fused-ring (bicyclic) bond motifs is 1. The number of urea groups is 1. The number of hydrogen-bond donors (Lipinski definition) is 1. The van der Waals surface area contributed by atoms with Crippen LogP contribution in [0.3, 0.4) is 0 Å². The lowest BCUT2D eigenvalue weighted by Crippen LogP contribution is -2.45. The third-order valence-corrected chi connectivity index (χ3v) is 7.42. The van der Waals surface area contributed by atoms with E-state index in [1.807, 2.05) is 10.6 Å². The molecule has 2 aromatic heterocycles. The Balaban J connectivity index is 1.41. The van der Waals surface area contributed by atoms with Crippen molar-refractivity contribution in [2.75, 3.05) is 25.4 Å². The van der Waals surface area contributed by atoms with Crippen LogP contribution >= 0.6 is 0 Å². The Morgan fingerprint density at radius 1 is 1.31 bits per heavy atom. The smallest absolute Gasteiger partial charge is 0.318 e. The number of aromatic nitrogens is 3. The number of amides is 2. The Labute approximate surface area is 169 Å². The van der Waals surface area contributed by atoms with Gasteiger partial charge in [-0.25, -0.2) is 17.5 Å². The minimum atomic E-state index is -3.20. The van der Waals surface area contributed by atoms with Crippen LogP contribution in [0, 0.1) is 0 Å². The van der Waals surface area contributed by atoms with Crippen molar-refractivity contribution < 1.29 is 17.6 Å². The number of nitrogens with one attached hydrogen (secondary N) is 1. The van der Waals surface area contributed by atoms with Crippen molar-refractivity contribution in [2.45, 2.75) is 45.3 Å². The highest BCUT2D eigenvalue weighted by Crippen LogP contribution is 2.29. The van der Waals surface area contributed by atoms with E-state index in [1.54, 1.807) is 28.5 Å². The average Bonchev–Trinajstić information content (AvgIpc) is 3.41. The number of carbonyl (C=O) groups is 1. The predicted octanol–water partition coefficient (Wildman–Crippen LogP) is 1.13. The van der Waals surface area contributed by atoms with Crippen molar-refractivity contribution in [3.8, 4) is 0 Å². The highest BCUT2D eigenvalue weighted by Gasteiger charge is 2.33. The quantitative estimate of drug-likeness (QED) is 0.773. The Hall–Kier alpha value is -2.40. The van der Waals surface area contributed by atoms with Crippen LogP contribution in [0.2, 0.25) is 0 Å². The van der Waals surface area contributed by atoms with E-state index in [1.165, 1.54) is 0 Å². The van der Waals surface area contributed by atoms with Crippen LogP contribution in [0.15, 0.2) is 22.8 Å². The largest absolute Gasteiger partial charge is 0.467 e. The number of hydrogen-bond acceptors (Lipinski definition) is 6. The fourth-order valence-corrected chi connectivity index (χ4v) is 5.11. The zero-order valence-corrected chi connectivity index (χ0v) is 17.3. The molecule has 10 nitrogen and oxygen atoms in total. The van der Waals surface area contributed by atoms with E-state index in [0.29, 0.717) is 45.0 Å². The van der Waals surface area contributed by atoms with Crippen molar-refractivity contribution in [2.24, 2.45) is 0 Å². The third-order valence-electron chi connectivity index (χ3n) is 5.57. The summed E-state index contributed by atoms with van der Waals surface area (Å²) in [5.74, 6) is 2.40. The Morgan fingerprint density at radius 2 is 2.17 bits per heavy atom. The van der Waals surface area contributed by atoms with Gasteiger partial charge in [-0.15, -0.1) is 10.2 Å². The lowest BCUT2D eigenvalue weighted by Gasteiger charge is -2.33. The summed E-state index contributed by atoms with van der Waals surface area (Å²) in [7, 11) is -3.20. The van der Waals surface area contributed by atoms with E-state index in [-0.39, 0.29) is 17.7 Å². The molecule has 11 heteroatoms. The summed E-state index contributed by atoms with van der Waals surface area (Å²) in [5.41, 5.74) is 0. The molecule has 0 bridgehead atoms. The van der Waals surface area contributed by atoms with Crippen molar-refractivity contribution in [1.29, 1.82) is 0 Å². The molecule has 0 aromatic carbocycles. The van der Waals surface area contributed by atoms with Crippen LogP contribution in [0.4, 0.5) is 4.79 Å². The van der Waals surface area contributed by atoms with Gasteiger partial charge in [0.05, 0.1) is 25.1 Å². The van der Waals surface area contributed by atoms with Gasteiger partial charge >= 0.3 is 6.03 Å². The number of carbonyl (C=O) groups excluding carboxylic acids is 1. The molecule has 29 heavy (non-hydrogen) atoms. The van der Waals surface area contributed by atoms with E-state index in [2.05, 4.69) is 15.5 Å². The van der Waals surface area contributed by atoms with E-state index in [9.17, 15) is 13.2 Å². The molecule has 1 saturated heterocycles. The minimum Gasteiger partial charge on any atom is -0.467 e. The van der Waals surface area contributed by atoms with Crippen molar-refractivity contribution in [3.05, 3.63) is 35.8 Å². The van der Waals surface area contributed by atoms with Gasteiger partial charge in [-0.05, 0) is 31.9 Å². The highest BCUT2D eigenvalue weighted by molar-refractivity contribution is 7.89. The molecule has 0 spiro atoms. The van der Waals surface area contributed by atoms with Crippen LogP contribution in [0.5, 0.6) is 0 Å². The molecular weight excluding hydrogens is 396 g/mol. The van der Waals surface area contributed by atoms with Gasteiger partial charge in [-0.1, -0.05) is 0 Å². The molecule has 1 N–H and O–H groups in total. The second-order valence-electron chi connectivity index (χ2n) is 7.38. The Bertz CT molecular complexity index is 955. The first-order valence-electron chi connectivity index (χ1n) is 9.93. The number of piperidine rings is 1.